The molecule has 2 saturated heterocycles. The molecule has 0 radical (unpaired) electrons. The summed E-state index contributed by atoms with van der Waals surface area (Å²) in [6.07, 6.45) is 0.570. The Kier molecular flexibility index (Phi) is 5.35. The predicted octanol–water partition coefficient (Wildman–Crippen LogP) is 3.78. The Bertz CT molecular complexity index is 788. The summed E-state index contributed by atoms with van der Waals surface area (Å²) in [5.74, 6) is 1.62. The molecule has 3 heterocycles. The van der Waals surface area contributed by atoms with Crippen molar-refractivity contribution in [3.05, 3.63) is 48.5 Å². The molecule has 0 aliphatic carbocycles. The molecular weight excluding hydrogens is 378 g/mol. The van der Waals surface area contributed by atoms with Crippen molar-refractivity contribution >= 4 is 41.5 Å². The minimum atomic E-state index is 0. The minimum absolute atomic E-state index is 0. The number of nitrogens with zero attached hydrogens (tertiary/aromatic N) is 2. The lowest BCUT2D eigenvalue weighted by Crippen LogP contribution is -2.34. The summed E-state index contributed by atoms with van der Waals surface area (Å²) in [5.41, 5.74) is 2.43. The molecule has 27 heavy (non-hydrogen) atoms. The van der Waals surface area contributed by atoms with Crippen molar-refractivity contribution in [3.63, 3.8) is 0 Å². The maximum Gasteiger partial charge on any atom is 0.224 e. The van der Waals surface area contributed by atoms with E-state index in [1.54, 1.807) is 0 Å². The summed E-state index contributed by atoms with van der Waals surface area (Å²) >= 11 is 1.81. The van der Waals surface area contributed by atoms with Crippen molar-refractivity contribution in [1.29, 1.82) is 0 Å². The van der Waals surface area contributed by atoms with Crippen LogP contribution in [0.3, 0.4) is 0 Å². The van der Waals surface area contributed by atoms with Crippen molar-refractivity contribution in [1.82, 2.24) is 10.2 Å². The highest BCUT2D eigenvalue weighted by atomic mass is 35.5. The number of hydrogen-bond donors (Lipinski definition) is 1. The summed E-state index contributed by atoms with van der Waals surface area (Å²) in [5, 5.41) is 3.44. The highest BCUT2D eigenvalue weighted by molar-refractivity contribution is 7.99. The molecule has 142 valence electrons. The molecule has 2 aromatic carbocycles. The van der Waals surface area contributed by atoms with E-state index in [0.29, 0.717) is 24.2 Å². The van der Waals surface area contributed by atoms with Crippen LogP contribution in [0.1, 0.15) is 6.42 Å². The lowest BCUT2D eigenvalue weighted by molar-refractivity contribution is -0.130. The molecule has 3 aliphatic rings. The van der Waals surface area contributed by atoms with Crippen LogP contribution in [0.15, 0.2) is 58.3 Å². The Morgan fingerprint density at radius 1 is 0.963 bits per heavy atom. The minimum Gasteiger partial charge on any atom is -0.342 e. The molecule has 2 fully saturated rings. The maximum atomic E-state index is 12.8. The molecule has 3 aliphatic heterocycles. The van der Waals surface area contributed by atoms with Crippen LogP contribution in [0.2, 0.25) is 0 Å². The van der Waals surface area contributed by atoms with E-state index in [0.717, 1.165) is 32.7 Å². The van der Waals surface area contributed by atoms with Crippen molar-refractivity contribution in [2.75, 3.05) is 37.6 Å². The molecular formula is C21H24ClN3OS. The third-order valence-corrected chi connectivity index (χ3v) is 6.95. The molecule has 2 atom stereocenters. The number of carbonyl (C=O) groups is 1. The van der Waals surface area contributed by atoms with Gasteiger partial charge in [0.15, 0.2) is 0 Å². The van der Waals surface area contributed by atoms with Crippen LogP contribution in [-0.2, 0) is 4.79 Å². The van der Waals surface area contributed by atoms with Gasteiger partial charge in [0, 0.05) is 48.9 Å². The van der Waals surface area contributed by atoms with Crippen LogP contribution >= 0.6 is 24.2 Å². The number of hydrogen-bond acceptors (Lipinski definition) is 4. The van der Waals surface area contributed by atoms with Gasteiger partial charge in [0.05, 0.1) is 11.4 Å². The molecule has 0 aromatic heterocycles. The summed E-state index contributed by atoms with van der Waals surface area (Å²) in [6.45, 7) is 4.73. The van der Waals surface area contributed by atoms with Gasteiger partial charge < -0.3 is 15.1 Å². The molecule has 1 N–H and O–H groups in total. The molecule has 0 unspecified atom stereocenters. The Labute approximate surface area is 170 Å². The standard InChI is InChI=1S/C21H23N3OS.ClH/c25-21(23-13-15-11-22-12-16(15)14-23)9-10-24-17-5-1-3-7-19(17)26-20-8-4-2-6-18(20)24;/h1-8,15-16,22H,9-14H2;1H/t15-,16+;. The second-order valence-corrected chi connectivity index (χ2v) is 8.50. The number of fused-ring (bicyclic) bond motifs is 3. The first-order valence-electron chi connectivity index (χ1n) is 9.41. The number of nitrogens with one attached hydrogen (secondary N) is 1. The molecule has 1 amide bonds. The van der Waals surface area contributed by atoms with Crippen molar-refractivity contribution < 1.29 is 4.79 Å². The Hall–Kier alpha value is -1.69. The molecule has 0 bridgehead atoms. The number of anilines is 2. The zero-order valence-electron chi connectivity index (χ0n) is 15.1. The second kappa shape index (κ2) is 7.74. The van der Waals surface area contributed by atoms with Gasteiger partial charge in [0.1, 0.15) is 0 Å². The topological polar surface area (TPSA) is 35.6 Å². The summed E-state index contributed by atoms with van der Waals surface area (Å²) in [6, 6.07) is 17.0. The van der Waals surface area contributed by atoms with E-state index < -0.39 is 0 Å². The van der Waals surface area contributed by atoms with Crippen LogP contribution in [0.25, 0.3) is 0 Å². The smallest absolute Gasteiger partial charge is 0.224 e. The van der Waals surface area contributed by atoms with E-state index in [1.807, 2.05) is 11.8 Å². The van der Waals surface area contributed by atoms with Gasteiger partial charge in [-0.1, -0.05) is 36.0 Å². The predicted molar refractivity (Wildman–Crippen MR) is 112 cm³/mol. The van der Waals surface area contributed by atoms with Gasteiger partial charge >= 0.3 is 0 Å². The van der Waals surface area contributed by atoms with Crippen LogP contribution in [0, 0.1) is 11.8 Å². The molecule has 0 saturated carbocycles. The summed E-state index contributed by atoms with van der Waals surface area (Å²) < 4.78 is 0. The van der Waals surface area contributed by atoms with E-state index >= 15 is 0 Å². The highest BCUT2D eigenvalue weighted by Crippen LogP contribution is 2.47. The lowest BCUT2D eigenvalue weighted by atomic mass is 10.0. The third kappa shape index (κ3) is 3.44. The third-order valence-electron chi connectivity index (χ3n) is 5.82. The largest absolute Gasteiger partial charge is 0.342 e. The van der Waals surface area contributed by atoms with Crippen molar-refractivity contribution in [3.8, 4) is 0 Å². The van der Waals surface area contributed by atoms with Gasteiger partial charge in [0.2, 0.25) is 5.91 Å². The van der Waals surface area contributed by atoms with Crippen LogP contribution in [0.5, 0.6) is 0 Å². The van der Waals surface area contributed by atoms with Gasteiger partial charge in [0.25, 0.3) is 0 Å². The number of rotatable bonds is 3. The number of halogens is 1. The monoisotopic (exact) mass is 401 g/mol. The number of amides is 1. The summed E-state index contributed by atoms with van der Waals surface area (Å²) in [4.78, 5) is 19.8. The van der Waals surface area contributed by atoms with Gasteiger partial charge in [-0.05, 0) is 36.1 Å². The van der Waals surface area contributed by atoms with E-state index in [4.69, 9.17) is 0 Å². The highest BCUT2D eigenvalue weighted by Gasteiger charge is 2.38. The van der Waals surface area contributed by atoms with Gasteiger partial charge in [-0.25, -0.2) is 0 Å². The molecule has 4 nitrogen and oxygen atoms in total. The van der Waals surface area contributed by atoms with Gasteiger partial charge in [-0.2, -0.15) is 0 Å². The zero-order valence-corrected chi connectivity index (χ0v) is 16.8. The molecule has 6 heteroatoms. The number of carbonyl (C=O) groups excluding carboxylic acids is 1. The fourth-order valence-corrected chi connectivity index (χ4v) is 5.54. The van der Waals surface area contributed by atoms with E-state index in [-0.39, 0.29) is 12.4 Å². The fraction of sp³-hybridized carbons (Fsp3) is 0.381. The van der Waals surface area contributed by atoms with Crippen LogP contribution < -0.4 is 10.2 Å². The maximum absolute atomic E-state index is 12.8. The first-order valence-corrected chi connectivity index (χ1v) is 10.2. The quantitative estimate of drug-likeness (QED) is 0.849. The normalized spacial score (nSPS) is 22.7. The lowest BCUT2D eigenvalue weighted by Gasteiger charge is -2.33. The van der Waals surface area contributed by atoms with Gasteiger partial charge in [-0.3, -0.25) is 4.79 Å². The first-order chi connectivity index (χ1) is 12.8. The van der Waals surface area contributed by atoms with Crippen LogP contribution in [0.4, 0.5) is 11.4 Å². The Morgan fingerprint density at radius 2 is 1.52 bits per heavy atom. The fourth-order valence-electron chi connectivity index (χ4n) is 4.45. The van der Waals surface area contributed by atoms with Crippen molar-refractivity contribution in [2.45, 2.75) is 16.2 Å². The number of para-hydroxylation sites is 2. The van der Waals surface area contributed by atoms with E-state index in [2.05, 4.69) is 63.6 Å². The zero-order chi connectivity index (χ0) is 17.5. The average molecular weight is 402 g/mol. The van der Waals surface area contributed by atoms with Gasteiger partial charge in [-0.15, -0.1) is 12.4 Å². The molecule has 0 spiro atoms. The molecule has 2 aromatic rings. The Morgan fingerprint density at radius 3 is 2.11 bits per heavy atom. The van der Waals surface area contributed by atoms with E-state index in [9.17, 15) is 4.79 Å². The average Bonchev–Trinajstić information content (AvgIpc) is 3.27. The second-order valence-electron chi connectivity index (χ2n) is 7.42. The van der Waals surface area contributed by atoms with Crippen LogP contribution in [-0.4, -0.2) is 43.5 Å². The SMILES string of the molecule is Cl.O=C(CCN1c2ccccc2Sc2ccccc21)N1C[C@H]2CNC[C@H]2C1. The number of likely N-dealkylation sites (tertiary alicyclic amines) is 1. The van der Waals surface area contributed by atoms with E-state index in [1.165, 1.54) is 21.2 Å². The summed E-state index contributed by atoms with van der Waals surface area (Å²) in [7, 11) is 0. The Balaban J connectivity index is 0.00000180. The number of benzene rings is 2. The first kappa shape index (κ1) is 18.7. The molecule has 5 rings (SSSR count). The van der Waals surface area contributed by atoms with Crippen molar-refractivity contribution in [2.24, 2.45) is 11.8 Å².